The minimum absolute atomic E-state index is 0.174. The van der Waals surface area contributed by atoms with E-state index in [-0.39, 0.29) is 18.2 Å². The van der Waals surface area contributed by atoms with Crippen LogP contribution in [-0.4, -0.2) is 43.6 Å². The zero-order chi connectivity index (χ0) is 19.3. The number of rotatable bonds is 5. The Morgan fingerprint density at radius 3 is 2.56 bits per heavy atom. The number of benzene rings is 1. The number of ether oxygens (including phenoxy) is 2. The Hall–Kier alpha value is -2.81. The molecule has 0 atom stereocenters. The molecule has 0 saturated carbocycles. The second-order valence-electron chi connectivity index (χ2n) is 5.91. The number of pyridine rings is 1. The van der Waals surface area contributed by atoms with Crippen molar-refractivity contribution >= 4 is 11.6 Å². The monoisotopic (exact) mass is 381 g/mol. The van der Waals surface area contributed by atoms with Gasteiger partial charge in [0.15, 0.2) is 0 Å². The van der Waals surface area contributed by atoms with Crippen LogP contribution in [-0.2, 0) is 11.3 Å². The van der Waals surface area contributed by atoms with E-state index in [0.29, 0.717) is 24.3 Å². The lowest BCUT2D eigenvalue weighted by Crippen LogP contribution is -2.36. The molecule has 1 N–H and O–H groups in total. The van der Waals surface area contributed by atoms with Crippen molar-refractivity contribution in [3.05, 3.63) is 53.9 Å². The number of morpholine rings is 1. The van der Waals surface area contributed by atoms with Crippen LogP contribution in [0, 0.1) is 0 Å². The molecule has 2 heterocycles. The summed E-state index contributed by atoms with van der Waals surface area (Å²) >= 11 is 0. The lowest BCUT2D eigenvalue weighted by molar-refractivity contribution is -0.274. The number of halogens is 3. The van der Waals surface area contributed by atoms with Crippen LogP contribution in [0.4, 0.5) is 18.9 Å². The zero-order valence-corrected chi connectivity index (χ0v) is 14.3. The van der Waals surface area contributed by atoms with Gasteiger partial charge in [0.2, 0.25) is 0 Å². The van der Waals surface area contributed by atoms with Gasteiger partial charge in [-0.05, 0) is 23.8 Å². The highest BCUT2D eigenvalue weighted by molar-refractivity contribution is 5.94. The molecule has 27 heavy (non-hydrogen) atoms. The third-order valence-electron chi connectivity index (χ3n) is 3.97. The maximum atomic E-state index is 12.3. The fraction of sp³-hybridized carbons (Fsp3) is 0.333. The number of anilines is 1. The van der Waals surface area contributed by atoms with E-state index in [9.17, 15) is 18.0 Å². The highest BCUT2D eigenvalue weighted by Crippen LogP contribution is 2.22. The highest BCUT2D eigenvalue weighted by atomic mass is 19.4. The highest BCUT2D eigenvalue weighted by Gasteiger charge is 2.30. The van der Waals surface area contributed by atoms with Gasteiger partial charge >= 0.3 is 6.36 Å². The van der Waals surface area contributed by atoms with Gasteiger partial charge in [0.25, 0.3) is 5.91 Å². The minimum atomic E-state index is -4.73. The summed E-state index contributed by atoms with van der Waals surface area (Å²) in [6.45, 7) is 2.90. The van der Waals surface area contributed by atoms with Gasteiger partial charge < -0.3 is 19.7 Å². The summed E-state index contributed by atoms with van der Waals surface area (Å²) < 4.78 is 45.6. The first-order valence-corrected chi connectivity index (χ1v) is 8.31. The van der Waals surface area contributed by atoms with Crippen molar-refractivity contribution in [1.82, 2.24) is 10.3 Å². The number of carbonyl (C=O) groups excluding carboxylic acids is 1. The van der Waals surface area contributed by atoms with Gasteiger partial charge in [-0.25, -0.2) is 0 Å². The topological polar surface area (TPSA) is 63.7 Å². The van der Waals surface area contributed by atoms with Crippen LogP contribution >= 0.6 is 0 Å². The van der Waals surface area contributed by atoms with E-state index in [1.807, 2.05) is 0 Å². The SMILES string of the molecule is O=C(NCc1ccc(OC(F)(F)F)cc1)c1cncc(N2CCOCC2)c1. The largest absolute Gasteiger partial charge is 0.573 e. The van der Waals surface area contributed by atoms with Crippen LogP contribution in [0.25, 0.3) is 0 Å². The molecule has 144 valence electrons. The van der Waals surface area contributed by atoms with Crippen molar-refractivity contribution in [2.24, 2.45) is 0 Å². The van der Waals surface area contributed by atoms with Gasteiger partial charge in [0.05, 0.1) is 30.7 Å². The van der Waals surface area contributed by atoms with E-state index in [4.69, 9.17) is 4.74 Å². The second kappa shape index (κ2) is 8.26. The quantitative estimate of drug-likeness (QED) is 0.863. The lowest BCUT2D eigenvalue weighted by atomic mass is 10.2. The number of hydrogen-bond donors (Lipinski definition) is 1. The van der Waals surface area contributed by atoms with E-state index in [1.54, 1.807) is 12.3 Å². The van der Waals surface area contributed by atoms with Crippen LogP contribution in [0.2, 0.25) is 0 Å². The summed E-state index contributed by atoms with van der Waals surface area (Å²) in [5.41, 5.74) is 1.91. The molecule has 0 spiro atoms. The smallest absolute Gasteiger partial charge is 0.406 e. The molecule has 0 radical (unpaired) electrons. The maximum Gasteiger partial charge on any atom is 0.573 e. The van der Waals surface area contributed by atoms with Crippen molar-refractivity contribution in [3.8, 4) is 5.75 Å². The van der Waals surface area contributed by atoms with Crippen molar-refractivity contribution in [2.45, 2.75) is 12.9 Å². The molecule has 2 aromatic rings. The number of nitrogens with zero attached hydrogens (tertiary/aromatic N) is 2. The fourth-order valence-electron chi connectivity index (χ4n) is 2.64. The number of hydrogen-bond acceptors (Lipinski definition) is 5. The standard InChI is InChI=1S/C18H18F3N3O3/c19-18(20,21)27-16-3-1-13(2-4-16)10-23-17(25)14-9-15(12-22-11-14)24-5-7-26-8-6-24/h1-4,9,11-12H,5-8,10H2,(H,23,25). The Kier molecular flexibility index (Phi) is 5.80. The van der Waals surface area contributed by atoms with E-state index in [2.05, 4.69) is 19.9 Å². The van der Waals surface area contributed by atoms with E-state index < -0.39 is 6.36 Å². The summed E-state index contributed by atoms with van der Waals surface area (Å²) in [7, 11) is 0. The van der Waals surface area contributed by atoms with Crippen LogP contribution in [0.15, 0.2) is 42.7 Å². The van der Waals surface area contributed by atoms with Crippen LogP contribution in [0.1, 0.15) is 15.9 Å². The summed E-state index contributed by atoms with van der Waals surface area (Å²) in [6.07, 6.45) is -1.56. The molecular formula is C18H18F3N3O3. The molecule has 1 aromatic carbocycles. The summed E-state index contributed by atoms with van der Waals surface area (Å²) in [5.74, 6) is -0.617. The van der Waals surface area contributed by atoms with E-state index >= 15 is 0 Å². The van der Waals surface area contributed by atoms with E-state index in [0.717, 1.165) is 18.8 Å². The predicted octanol–water partition coefficient (Wildman–Crippen LogP) is 2.75. The molecule has 3 rings (SSSR count). The molecule has 6 nitrogen and oxygen atoms in total. The Labute approximate surface area is 153 Å². The minimum Gasteiger partial charge on any atom is -0.406 e. The van der Waals surface area contributed by atoms with Gasteiger partial charge in [0.1, 0.15) is 5.75 Å². The van der Waals surface area contributed by atoms with Gasteiger partial charge in [-0.15, -0.1) is 13.2 Å². The predicted molar refractivity (Wildman–Crippen MR) is 91.6 cm³/mol. The molecule has 9 heteroatoms. The molecule has 1 fully saturated rings. The molecule has 0 unspecified atom stereocenters. The number of nitrogens with one attached hydrogen (secondary N) is 1. The van der Waals surface area contributed by atoms with Crippen molar-refractivity contribution in [2.75, 3.05) is 31.2 Å². The first kappa shape index (κ1) is 19.0. The Morgan fingerprint density at radius 2 is 1.89 bits per heavy atom. The lowest BCUT2D eigenvalue weighted by Gasteiger charge is -2.28. The number of aromatic nitrogens is 1. The first-order valence-electron chi connectivity index (χ1n) is 8.31. The second-order valence-corrected chi connectivity index (χ2v) is 5.91. The molecule has 1 amide bonds. The molecular weight excluding hydrogens is 363 g/mol. The van der Waals surface area contributed by atoms with Crippen molar-refractivity contribution in [1.29, 1.82) is 0 Å². The molecule has 0 aliphatic carbocycles. The Balaban J connectivity index is 1.57. The average Bonchev–Trinajstić information content (AvgIpc) is 2.67. The normalized spacial score (nSPS) is 14.7. The Bertz CT molecular complexity index is 775. The molecule has 1 aliphatic rings. The van der Waals surface area contributed by atoms with Crippen LogP contribution < -0.4 is 15.0 Å². The maximum absolute atomic E-state index is 12.3. The molecule has 0 bridgehead atoms. The molecule has 1 saturated heterocycles. The molecule has 1 aliphatic heterocycles. The van der Waals surface area contributed by atoms with Gasteiger partial charge in [0, 0.05) is 25.8 Å². The van der Waals surface area contributed by atoms with Gasteiger partial charge in [-0.3, -0.25) is 9.78 Å². The van der Waals surface area contributed by atoms with Gasteiger partial charge in [-0.2, -0.15) is 0 Å². The van der Waals surface area contributed by atoms with Crippen molar-refractivity contribution in [3.63, 3.8) is 0 Å². The van der Waals surface area contributed by atoms with Gasteiger partial charge in [-0.1, -0.05) is 12.1 Å². The summed E-state index contributed by atoms with van der Waals surface area (Å²) in [5, 5.41) is 2.73. The number of carbonyl (C=O) groups is 1. The number of alkyl halides is 3. The van der Waals surface area contributed by atoms with Crippen LogP contribution in [0.3, 0.4) is 0 Å². The average molecular weight is 381 g/mol. The fourth-order valence-corrected chi connectivity index (χ4v) is 2.64. The zero-order valence-electron chi connectivity index (χ0n) is 14.3. The van der Waals surface area contributed by atoms with E-state index in [1.165, 1.54) is 30.5 Å². The van der Waals surface area contributed by atoms with Crippen LogP contribution in [0.5, 0.6) is 5.75 Å². The summed E-state index contributed by atoms with van der Waals surface area (Å²) in [4.78, 5) is 18.5. The first-order chi connectivity index (χ1) is 12.9. The number of amides is 1. The molecule has 1 aromatic heterocycles. The third-order valence-corrected chi connectivity index (χ3v) is 3.97. The Morgan fingerprint density at radius 1 is 1.19 bits per heavy atom. The summed E-state index contributed by atoms with van der Waals surface area (Å²) in [6, 6.07) is 7.09. The van der Waals surface area contributed by atoms with Crippen molar-refractivity contribution < 1.29 is 27.4 Å². The third kappa shape index (κ3) is 5.58.